The Bertz CT molecular complexity index is 1020. The quantitative estimate of drug-likeness (QED) is 0.655. The van der Waals surface area contributed by atoms with Gasteiger partial charge in [0.1, 0.15) is 12.4 Å². The Morgan fingerprint density at radius 1 is 1.31 bits per heavy atom. The predicted molar refractivity (Wildman–Crippen MR) is 98.1 cm³/mol. The normalized spacial score (nSPS) is 11.8. The number of nitrogens with one attached hydrogen (secondary N) is 1. The number of anilines is 1. The maximum Gasteiger partial charge on any atom is 0.280 e. The number of hydrogen-bond acceptors (Lipinski definition) is 7. The first-order valence-electron chi connectivity index (χ1n) is 7.66. The Morgan fingerprint density at radius 3 is 2.88 bits per heavy atom. The summed E-state index contributed by atoms with van der Waals surface area (Å²) in [5.41, 5.74) is 0.647. The van der Waals surface area contributed by atoms with E-state index in [-0.39, 0.29) is 5.03 Å². The number of fused-ring (bicyclic) bond motifs is 1. The van der Waals surface area contributed by atoms with E-state index < -0.39 is 10.0 Å². The molecular formula is C16H17ClN4O4S. The molecule has 0 saturated heterocycles. The molecule has 0 unspecified atom stereocenters. The molecule has 10 heteroatoms. The van der Waals surface area contributed by atoms with Gasteiger partial charge in [0.2, 0.25) is 0 Å². The highest BCUT2D eigenvalue weighted by atomic mass is 35.5. The molecule has 138 valence electrons. The molecule has 0 aliphatic carbocycles. The number of halogens is 1. The Hall–Kier alpha value is -2.36. The van der Waals surface area contributed by atoms with Gasteiger partial charge in [0.15, 0.2) is 10.6 Å². The molecule has 0 bridgehead atoms. The zero-order valence-corrected chi connectivity index (χ0v) is 15.7. The molecule has 0 aliphatic rings. The highest BCUT2D eigenvalue weighted by Gasteiger charge is 2.21. The van der Waals surface area contributed by atoms with Gasteiger partial charge in [-0.25, -0.2) is 4.98 Å². The van der Waals surface area contributed by atoms with Gasteiger partial charge in [-0.2, -0.15) is 8.42 Å². The maximum atomic E-state index is 12.7. The summed E-state index contributed by atoms with van der Waals surface area (Å²) in [6.45, 7) is 1.12. The van der Waals surface area contributed by atoms with Crippen LogP contribution in [0.1, 0.15) is 0 Å². The average molecular weight is 397 g/mol. The van der Waals surface area contributed by atoms with Gasteiger partial charge in [0, 0.05) is 24.9 Å². The van der Waals surface area contributed by atoms with Crippen molar-refractivity contribution in [1.82, 2.24) is 15.0 Å². The van der Waals surface area contributed by atoms with Gasteiger partial charge in [0.05, 0.1) is 22.3 Å². The molecule has 1 aromatic carbocycles. The van der Waals surface area contributed by atoms with E-state index in [1.54, 1.807) is 18.2 Å². The fourth-order valence-electron chi connectivity index (χ4n) is 2.20. The molecule has 8 nitrogen and oxygen atoms in total. The number of nitrogens with zero attached hydrogens (tertiary/aromatic N) is 3. The Labute approximate surface area is 155 Å². The Kier molecular flexibility index (Phi) is 5.30. The number of hydrogen-bond donors (Lipinski definition) is 1. The summed E-state index contributed by atoms with van der Waals surface area (Å²) in [5, 5.41) is 4.14. The number of sulfonamides is 1. The van der Waals surface area contributed by atoms with Gasteiger partial charge in [-0.05, 0) is 26.2 Å². The monoisotopic (exact) mass is 396 g/mol. The van der Waals surface area contributed by atoms with Crippen LogP contribution in [0.15, 0.2) is 46.2 Å². The molecule has 0 amide bonds. The molecule has 3 aromatic rings. The largest absolute Gasteiger partial charge is 0.491 e. The van der Waals surface area contributed by atoms with E-state index in [1.165, 1.54) is 18.5 Å². The van der Waals surface area contributed by atoms with Crippen LogP contribution in [-0.2, 0) is 10.0 Å². The number of pyridine rings is 1. The summed E-state index contributed by atoms with van der Waals surface area (Å²) < 4.78 is 38.4. The van der Waals surface area contributed by atoms with Crippen molar-refractivity contribution in [1.29, 1.82) is 0 Å². The van der Waals surface area contributed by atoms with E-state index in [4.69, 9.17) is 20.9 Å². The van der Waals surface area contributed by atoms with Crippen LogP contribution in [-0.4, -0.2) is 50.7 Å². The van der Waals surface area contributed by atoms with E-state index in [9.17, 15) is 8.42 Å². The summed E-state index contributed by atoms with van der Waals surface area (Å²) in [5.74, 6) is 0.393. The Balaban J connectivity index is 1.85. The third kappa shape index (κ3) is 4.06. The lowest BCUT2D eigenvalue weighted by Crippen LogP contribution is -2.19. The van der Waals surface area contributed by atoms with E-state index in [0.717, 1.165) is 0 Å². The summed E-state index contributed by atoms with van der Waals surface area (Å²) in [4.78, 5) is 5.91. The fourth-order valence-corrected chi connectivity index (χ4v) is 3.55. The minimum Gasteiger partial charge on any atom is -0.491 e. The van der Waals surface area contributed by atoms with Crippen molar-refractivity contribution in [3.63, 3.8) is 0 Å². The van der Waals surface area contributed by atoms with Gasteiger partial charge < -0.3 is 14.2 Å². The smallest absolute Gasteiger partial charge is 0.280 e. The van der Waals surface area contributed by atoms with Crippen LogP contribution in [0.25, 0.3) is 11.0 Å². The van der Waals surface area contributed by atoms with Crippen molar-refractivity contribution in [3.8, 4) is 5.75 Å². The molecule has 0 fully saturated rings. The number of likely N-dealkylation sites (N-methyl/N-ethyl adjacent to an activating group) is 1. The van der Waals surface area contributed by atoms with E-state index in [1.807, 2.05) is 19.0 Å². The zero-order chi connectivity index (χ0) is 18.7. The lowest BCUT2D eigenvalue weighted by molar-refractivity contribution is 0.261. The summed E-state index contributed by atoms with van der Waals surface area (Å²) in [6, 6.07) is 6.19. The van der Waals surface area contributed by atoms with Crippen molar-refractivity contribution in [3.05, 3.63) is 41.7 Å². The molecule has 1 N–H and O–H groups in total. The molecule has 0 atom stereocenters. The van der Waals surface area contributed by atoms with Crippen LogP contribution in [0.2, 0.25) is 5.02 Å². The van der Waals surface area contributed by atoms with Crippen LogP contribution in [0.5, 0.6) is 5.75 Å². The van der Waals surface area contributed by atoms with Crippen LogP contribution in [0.3, 0.4) is 0 Å². The van der Waals surface area contributed by atoms with E-state index in [0.29, 0.717) is 40.6 Å². The standard InChI is InChI=1S/C16H17ClN4O4S/c1-21(2)7-8-24-15-9-11(3-4-13(15)17)20-26(22,23)16-12-10-19-25-14(12)5-6-18-16/h3-6,9-10,20H,7-8H2,1-2H3. The topological polar surface area (TPSA) is 97.6 Å². The molecule has 3 rings (SSSR count). The number of benzene rings is 1. The Morgan fingerprint density at radius 2 is 2.12 bits per heavy atom. The number of rotatable bonds is 7. The maximum absolute atomic E-state index is 12.7. The molecule has 26 heavy (non-hydrogen) atoms. The molecular weight excluding hydrogens is 380 g/mol. The average Bonchev–Trinajstić information content (AvgIpc) is 3.05. The van der Waals surface area contributed by atoms with Crippen LogP contribution in [0.4, 0.5) is 5.69 Å². The summed E-state index contributed by atoms with van der Waals surface area (Å²) in [7, 11) is -0.0925. The minimum atomic E-state index is -3.94. The molecule has 0 radical (unpaired) electrons. The second-order valence-corrected chi connectivity index (χ2v) is 7.76. The van der Waals surface area contributed by atoms with E-state index in [2.05, 4.69) is 14.9 Å². The first kappa shape index (κ1) is 18.4. The van der Waals surface area contributed by atoms with Crippen molar-refractivity contribution in [2.24, 2.45) is 0 Å². The predicted octanol–water partition coefficient (Wildman–Crippen LogP) is 2.62. The third-order valence-corrected chi connectivity index (χ3v) is 5.13. The highest BCUT2D eigenvalue weighted by molar-refractivity contribution is 7.92. The van der Waals surface area contributed by atoms with Gasteiger partial charge in [0.25, 0.3) is 10.0 Å². The fraction of sp³-hybridized carbons (Fsp3) is 0.250. The number of aromatic nitrogens is 2. The van der Waals surface area contributed by atoms with Crippen molar-refractivity contribution < 1.29 is 17.7 Å². The first-order chi connectivity index (χ1) is 12.4. The zero-order valence-electron chi connectivity index (χ0n) is 14.1. The van der Waals surface area contributed by atoms with Gasteiger partial charge in [-0.1, -0.05) is 16.8 Å². The lowest BCUT2D eigenvalue weighted by atomic mass is 10.3. The SMILES string of the molecule is CN(C)CCOc1cc(NS(=O)(=O)c2nccc3oncc23)ccc1Cl. The molecule has 0 spiro atoms. The van der Waals surface area contributed by atoms with Crippen LogP contribution < -0.4 is 9.46 Å². The number of ether oxygens (including phenoxy) is 1. The summed E-state index contributed by atoms with van der Waals surface area (Å²) >= 11 is 6.11. The molecule has 0 saturated carbocycles. The highest BCUT2D eigenvalue weighted by Crippen LogP contribution is 2.29. The third-order valence-electron chi connectivity index (χ3n) is 3.48. The first-order valence-corrected chi connectivity index (χ1v) is 9.52. The van der Waals surface area contributed by atoms with Crippen molar-refractivity contribution >= 4 is 38.3 Å². The van der Waals surface area contributed by atoms with Crippen molar-refractivity contribution in [2.45, 2.75) is 5.03 Å². The minimum absolute atomic E-state index is 0.165. The van der Waals surface area contributed by atoms with Gasteiger partial charge in [-0.3, -0.25) is 4.72 Å². The van der Waals surface area contributed by atoms with E-state index >= 15 is 0 Å². The lowest BCUT2D eigenvalue weighted by Gasteiger charge is -2.14. The van der Waals surface area contributed by atoms with Crippen molar-refractivity contribution in [2.75, 3.05) is 32.0 Å². The molecule has 2 heterocycles. The second-order valence-electron chi connectivity index (χ2n) is 5.76. The van der Waals surface area contributed by atoms with Gasteiger partial charge in [-0.15, -0.1) is 0 Å². The molecule has 0 aliphatic heterocycles. The van der Waals surface area contributed by atoms with Gasteiger partial charge >= 0.3 is 0 Å². The van der Waals surface area contributed by atoms with Crippen LogP contribution >= 0.6 is 11.6 Å². The second kappa shape index (κ2) is 7.48. The summed E-state index contributed by atoms with van der Waals surface area (Å²) in [6.07, 6.45) is 2.66. The van der Waals surface area contributed by atoms with Crippen LogP contribution in [0, 0.1) is 0 Å². The molecule has 2 aromatic heterocycles.